The van der Waals surface area contributed by atoms with Gasteiger partial charge in [-0.2, -0.15) is 0 Å². The van der Waals surface area contributed by atoms with Crippen LogP contribution < -0.4 is 9.80 Å². The van der Waals surface area contributed by atoms with Gasteiger partial charge in [-0.25, -0.2) is 0 Å². The Bertz CT molecular complexity index is 4260. The summed E-state index contributed by atoms with van der Waals surface area (Å²) >= 11 is 0. The van der Waals surface area contributed by atoms with Gasteiger partial charge >= 0.3 is 0 Å². The molecule has 0 aliphatic heterocycles. The Morgan fingerprint density at radius 2 is 0.783 bits per heavy atom. The van der Waals surface area contributed by atoms with Crippen LogP contribution in [0.15, 0.2) is 194 Å². The molecule has 0 N–H and O–H groups in total. The molecular formula is C56H38N4. The Balaban J connectivity index is 1.08. The molecular weight excluding hydrogens is 729 g/mol. The van der Waals surface area contributed by atoms with Crippen molar-refractivity contribution in [2.75, 3.05) is 9.80 Å². The maximum Gasteiger partial charge on any atom is 0.0645 e. The van der Waals surface area contributed by atoms with E-state index in [4.69, 9.17) is 21.9 Å². The summed E-state index contributed by atoms with van der Waals surface area (Å²) in [5, 5.41) is 6.84. The molecule has 0 bridgehead atoms. The van der Waals surface area contributed by atoms with Crippen molar-refractivity contribution in [1.29, 1.82) is 0 Å². The van der Waals surface area contributed by atoms with Crippen LogP contribution in [0.5, 0.6) is 0 Å². The molecule has 0 saturated heterocycles. The zero-order valence-electron chi connectivity index (χ0n) is 47.5. The van der Waals surface area contributed by atoms with Crippen LogP contribution in [-0.4, -0.2) is 8.80 Å². The Kier molecular flexibility index (Phi) is 4.37. The zero-order chi connectivity index (χ0) is 53.3. The molecule has 4 heterocycles. The zero-order valence-corrected chi connectivity index (χ0v) is 31.5. The van der Waals surface area contributed by atoms with Gasteiger partial charge in [-0.1, -0.05) is 120 Å². The Labute approximate surface area is 369 Å². The molecule has 4 aromatic heterocycles. The molecule has 0 fully saturated rings. The highest BCUT2D eigenvalue weighted by Gasteiger charge is 2.26. The molecule has 0 aliphatic rings. The summed E-state index contributed by atoms with van der Waals surface area (Å²) < 4.78 is 141. The van der Waals surface area contributed by atoms with E-state index in [-0.39, 0.29) is 22.5 Å². The van der Waals surface area contributed by atoms with Crippen molar-refractivity contribution in [3.8, 4) is 0 Å². The van der Waals surface area contributed by atoms with Gasteiger partial charge in [0.2, 0.25) is 0 Å². The van der Waals surface area contributed by atoms with E-state index in [0.717, 1.165) is 76.2 Å². The van der Waals surface area contributed by atoms with E-state index in [0.29, 0.717) is 22.7 Å². The topological polar surface area (TPSA) is 15.3 Å². The number of aromatic nitrogens is 2. The van der Waals surface area contributed by atoms with Crippen molar-refractivity contribution in [3.05, 3.63) is 205 Å². The second-order valence-electron chi connectivity index (χ2n) is 15.0. The van der Waals surface area contributed by atoms with E-state index in [2.05, 4.69) is 33.1 Å². The number of anilines is 6. The molecule has 13 rings (SSSR count). The molecule has 0 unspecified atom stereocenters. The smallest absolute Gasteiger partial charge is 0.0645 e. The molecule has 60 heavy (non-hydrogen) atoms. The minimum absolute atomic E-state index is 0.0847. The Hall–Kier alpha value is -7.82. The summed E-state index contributed by atoms with van der Waals surface area (Å²) in [5.41, 5.74) is 6.88. The van der Waals surface area contributed by atoms with Crippen molar-refractivity contribution in [2.24, 2.45) is 0 Å². The molecule has 0 aliphatic carbocycles. The van der Waals surface area contributed by atoms with E-state index in [1.54, 1.807) is 34.1 Å². The van der Waals surface area contributed by atoms with Gasteiger partial charge in [-0.15, -0.1) is 0 Å². The highest BCUT2D eigenvalue weighted by molar-refractivity contribution is 6.31. The third kappa shape index (κ3) is 4.50. The van der Waals surface area contributed by atoms with Crippen LogP contribution in [0.3, 0.4) is 0 Å². The van der Waals surface area contributed by atoms with Crippen LogP contribution in [0.4, 0.5) is 34.1 Å². The summed E-state index contributed by atoms with van der Waals surface area (Å²) in [7, 11) is 0. The van der Waals surface area contributed by atoms with Gasteiger partial charge in [-0.3, -0.25) is 0 Å². The summed E-state index contributed by atoms with van der Waals surface area (Å²) in [6.45, 7) is -4.81. The molecule has 0 saturated carbocycles. The van der Waals surface area contributed by atoms with E-state index >= 15 is 0 Å². The fourth-order valence-corrected chi connectivity index (χ4v) is 9.59. The highest BCUT2D eigenvalue weighted by Crippen LogP contribution is 2.50. The van der Waals surface area contributed by atoms with E-state index < -0.39 is 74.1 Å². The van der Waals surface area contributed by atoms with E-state index in [1.807, 2.05) is 60.7 Å². The van der Waals surface area contributed by atoms with Crippen LogP contribution in [-0.2, 0) is 0 Å². The quantitative estimate of drug-likeness (QED) is 0.167. The van der Waals surface area contributed by atoms with E-state index in [1.165, 1.54) is 24.3 Å². The van der Waals surface area contributed by atoms with Gasteiger partial charge < -0.3 is 18.6 Å². The standard InChI is InChI=1S/C56H38N4/c1-35-25-29-39(30-26-35)57(37-13-5-3-6-14-37)47-21-11-23-49-53(47)43-19-9-17-41-45-34-52-46(33-51(45)59(49)55(41)43)42-18-10-20-44-54-48(22-12-24-50(54)60(52)56(42)44)58(38-15-7-4-8-16-38)40-31-27-36(2)28-32-40/h3-34H,1-2H3/i1D3,2D3,3D,4D,5D,6D,7D,8D,13D,14D,15D,16D. The Morgan fingerprint density at radius 1 is 0.383 bits per heavy atom. The van der Waals surface area contributed by atoms with Gasteiger partial charge in [0.05, 0.1) is 58.2 Å². The lowest BCUT2D eigenvalue weighted by Crippen LogP contribution is -2.10. The summed E-state index contributed by atoms with van der Waals surface area (Å²) in [6, 6.07) is 35.1. The lowest BCUT2D eigenvalue weighted by Gasteiger charge is -2.26. The summed E-state index contributed by atoms with van der Waals surface area (Å²) in [5.74, 6) is 0. The van der Waals surface area contributed by atoms with Crippen LogP contribution in [0.25, 0.3) is 76.2 Å². The lowest BCUT2D eigenvalue weighted by molar-refractivity contribution is 1.29. The third-order valence-electron chi connectivity index (χ3n) is 11.9. The number of hydrogen-bond donors (Lipinski definition) is 0. The highest BCUT2D eigenvalue weighted by atomic mass is 15.2. The number of para-hydroxylation sites is 4. The summed E-state index contributed by atoms with van der Waals surface area (Å²) in [6.07, 6.45) is 0. The molecule has 9 aromatic carbocycles. The second-order valence-corrected chi connectivity index (χ2v) is 15.0. The van der Waals surface area contributed by atoms with Crippen LogP contribution in [0.2, 0.25) is 0 Å². The van der Waals surface area contributed by atoms with Gasteiger partial charge in [-0.05, 0) is 98.5 Å². The molecule has 4 nitrogen and oxygen atoms in total. The Morgan fingerprint density at radius 3 is 1.20 bits per heavy atom. The van der Waals surface area contributed by atoms with Gasteiger partial charge in [0.15, 0.2) is 0 Å². The first-order valence-electron chi connectivity index (χ1n) is 27.5. The first-order valence-corrected chi connectivity index (χ1v) is 19.5. The van der Waals surface area contributed by atoms with Crippen molar-refractivity contribution < 1.29 is 21.9 Å². The molecule has 0 radical (unpaired) electrons. The number of rotatable bonds is 6. The lowest BCUT2D eigenvalue weighted by atomic mass is 10.0. The SMILES string of the molecule is [2H]c1c([2H])c([2H])c(N(c2ccc(C([2H])([2H])[2H])cc2)c2cccc3c2c2cccc4c5cc6c(cc5n3c42)c2cccc3c4c(N(c5ccc(C([2H])([2H])[2H])cc5)c5c([2H])c([2H])c([2H])c([2H])c5[2H])cccc4n6c23)c([2H])c1[2H]. The molecule has 282 valence electrons. The number of benzene rings is 9. The fourth-order valence-electron chi connectivity index (χ4n) is 9.59. The number of fused-ring (bicyclic) bond motifs is 12. The predicted octanol–water partition coefficient (Wildman–Crippen LogP) is 15.5. The largest absolute Gasteiger partial charge is 0.310 e. The predicted molar refractivity (Wildman–Crippen MR) is 255 cm³/mol. The number of nitrogens with zero attached hydrogens (tertiary/aromatic N) is 4. The van der Waals surface area contributed by atoms with Crippen LogP contribution in [0.1, 0.15) is 33.1 Å². The average molecular weight is 783 g/mol. The molecule has 13 aromatic rings. The minimum atomic E-state index is -2.41. The average Bonchev–Trinajstić information content (AvgIpc) is 4.26. The maximum absolute atomic E-state index is 9.14. The van der Waals surface area contributed by atoms with Gasteiger partial charge in [0, 0.05) is 74.1 Å². The molecule has 4 heteroatoms. The monoisotopic (exact) mass is 782 g/mol. The second kappa shape index (κ2) is 12.3. The van der Waals surface area contributed by atoms with Crippen LogP contribution >= 0.6 is 0 Å². The third-order valence-corrected chi connectivity index (χ3v) is 11.9. The maximum atomic E-state index is 9.14. The van der Waals surface area contributed by atoms with Crippen LogP contribution in [0, 0.1) is 13.7 Å². The number of hydrogen-bond acceptors (Lipinski definition) is 2. The molecule has 0 amide bonds. The van der Waals surface area contributed by atoms with Gasteiger partial charge in [0.1, 0.15) is 0 Å². The normalized spacial score (nSPS) is 16.4. The van der Waals surface area contributed by atoms with Crippen molar-refractivity contribution in [2.45, 2.75) is 13.7 Å². The first-order chi connectivity index (χ1) is 36.2. The molecule has 0 spiro atoms. The van der Waals surface area contributed by atoms with Crippen molar-refractivity contribution in [3.63, 3.8) is 0 Å². The van der Waals surface area contributed by atoms with Gasteiger partial charge in [0.25, 0.3) is 0 Å². The van der Waals surface area contributed by atoms with Crippen molar-refractivity contribution >= 4 is 110 Å². The van der Waals surface area contributed by atoms with E-state index in [9.17, 15) is 0 Å². The van der Waals surface area contributed by atoms with Crippen molar-refractivity contribution in [1.82, 2.24) is 8.80 Å². The minimum Gasteiger partial charge on any atom is -0.310 e. The summed E-state index contributed by atoms with van der Waals surface area (Å²) in [4.78, 5) is 3.23. The number of aryl methyl sites for hydroxylation is 2. The fraction of sp³-hybridized carbons (Fsp3) is 0.0357. The molecule has 0 atom stereocenters. The first kappa shape index (κ1) is 21.3.